The van der Waals surface area contributed by atoms with Gasteiger partial charge in [-0.1, -0.05) is 11.8 Å². The van der Waals surface area contributed by atoms with Gasteiger partial charge in [0.15, 0.2) is 4.34 Å². The second kappa shape index (κ2) is 5.80. The topological polar surface area (TPSA) is 38.9 Å². The zero-order valence-corrected chi connectivity index (χ0v) is 11.6. The Morgan fingerprint density at radius 2 is 2.25 bits per heavy atom. The van der Waals surface area contributed by atoms with Gasteiger partial charge in [-0.3, -0.25) is 0 Å². The summed E-state index contributed by atoms with van der Waals surface area (Å²) in [4.78, 5) is 4.57. The molecule has 0 aliphatic carbocycles. The van der Waals surface area contributed by atoms with Crippen molar-refractivity contribution in [3.8, 4) is 0 Å². The van der Waals surface area contributed by atoms with Gasteiger partial charge in [0.1, 0.15) is 0 Å². The summed E-state index contributed by atoms with van der Waals surface area (Å²) in [5.74, 6) is 2.38. The van der Waals surface area contributed by atoms with Crippen LogP contribution in [0.1, 0.15) is 6.42 Å². The molecule has 86 valence electrons. The van der Waals surface area contributed by atoms with Crippen LogP contribution in [0.4, 0.5) is 5.69 Å². The second-order valence-corrected chi connectivity index (χ2v) is 6.76. The van der Waals surface area contributed by atoms with Crippen LogP contribution in [0.3, 0.4) is 0 Å². The molecular weight excluding hydrogens is 256 g/mol. The molecule has 0 fully saturated rings. The van der Waals surface area contributed by atoms with E-state index >= 15 is 0 Å². The zero-order valence-electron chi connectivity index (χ0n) is 9.10. The summed E-state index contributed by atoms with van der Waals surface area (Å²) in [5.41, 5.74) is 7.62. The molecule has 0 saturated heterocycles. The van der Waals surface area contributed by atoms with Crippen LogP contribution >= 0.6 is 34.9 Å². The predicted molar refractivity (Wildman–Crippen MR) is 77.8 cm³/mol. The Bertz CT molecular complexity index is 467. The fraction of sp³-hybridized carbons (Fsp3) is 0.364. The van der Waals surface area contributed by atoms with E-state index in [9.17, 15) is 0 Å². The first-order chi connectivity index (χ1) is 7.79. The zero-order chi connectivity index (χ0) is 11.4. The summed E-state index contributed by atoms with van der Waals surface area (Å²) >= 11 is 5.48. The van der Waals surface area contributed by atoms with E-state index in [-0.39, 0.29) is 0 Å². The van der Waals surface area contributed by atoms with E-state index in [0.717, 1.165) is 21.3 Å². The molecule has 2 rings (SSSR count). The van der Waals surface area contributed by atoms with Gasteiger partial charge in [0, 0.05) is 11.4 Å². The largest absolute Gasteiger partial charge is 0.399 e. The number of thioether (sulfide) groups is 2. The first-order valence-corrected chi connectivity index (χ1v) is 8.27. The molecule has 0 unspecified atom stereocenters. The van der Waals surface area contributed by atoms with Crippen LogP contribution in [0.25, 0.3) is 10.2 Å². The maximum atomic E-state index is 5.74. The van der Waals surface area contributed by atoms with Gasteiger partial charge in [0.25, 0.3) is 0 Å². The molecule has 0 aliphatic heterocycles. The smallest absolute Gasteiger partial charge is 0.151 e. The Morgan fingerprint density at radius 3 is 3.06 bits per heavy atom. The van der Waals surface area contributed by atoms with Gasteiger partial charge in [-0.2, -0.15) is 11.8 Å². The van der Waals surface area contributed by atoms with E-state index in [0.29, 0.717) is 0 Å². The van der Waals surface area contributed by atoms with Crippen molar-refractivity contribution in [1.82, 2.24) is 4.98 Å². The van der Waals surface area contributed by atoms with Crippen molar-refractivity contribution in [2.45, 2.75) is 10.8 Å². The lowest BCUT2D eigenvalue weighted by molar-refractivity contribution is 1.12. The van der Waals surface area contributed by atoms with Crippen molar-refractivity contribution < 1.29 is 0 Å². The summed E-state index contributed by atoms with van der Waals surface area (Å²) in [7, 11) is 0. The van der Waals surface area contributed by atoms with Crippen LogP contribution in [0.15, 0.2) is 22.5 Å². The van der Waals surface area contributed by atoms with Gasteiger partial charge < -0.3 is 5.73 Å². The molecule has 0 amide bonds. The minimum atomic E-state index is 0.815. The van der Waals surface area contributed by atoms with Crippen molar-refractivity contribution in [2.75, 3.05) is 23.5 Å². The van der Waals surface area contributed by atoms with Crippen molar-refractivity contribution in [2.24, 2.45) is 0 Å². The highest BCUT2D eigenvalue weighted by molar-refractivity contribution is 8.01. The van der Waals surface area contributed by atoms with E-state index in [1.54, 1.807) is 11.3 Å². The maximum absolute atomic E-state index is 5.74. The number of nitrogen functional groups attached to an aromatic ring is 1. The molecule has 1 aromatic carbocycles. The highest BCUT2D eigenvalue weighted by atomic mass is 32.2. The van der Waals surface area contributed by atoms with Crippen molar-refractivity contribution >= 4 is 50.8 Å². The van der Waals surface area contributed by atoms with E-state index in [1.807, 2.05) is 41.7 Å². The lowest BCUT2D eigenvalue weighted by atomic mass is 10.3. The van der Waals surface area contributed by atoms with Gasteiger partial charge >= 0.3 is 0 Å². The lowest BCUT2D eigenvalue weighted by Crippen LogP contribution is -1.82. The molecule has 2 nitrogen and oxygen atoms in total. The molecule has 0 aliphatic rings. The molecule has 2 N–H and O–H groups in total. The minimum absolute atomic E-state index is 0.815. The molecule has 5 heteroatoms. The number of nitrogens with zero attached hydrogens (tertiary/aromatic N) is 1. The average Bonchev–Trinajstić information content (AvgIpc) is 2.66. The van der Waals surface area contributed by atoms with Crippen molar-refractivity contribution in [3.05, 3.63) is 18.2 Å². The van der Waals surface area contributed by atoms with E-state index in [2.05, 4.69) is 11.2 Å². The van der Waals surface area contributed by atoms with Gasteiger partial charge in [0.05, 0.1) is 10.2 Å². The first-order valence-electron chi connectivity index (χ1n) is 5.07. The molecular formula is C11H14N2S3. The number of fused-ring (bicyclic) bond motifs is 1. The van der Waals surface area contributed by atoms with Crippen LogP contribution < -0.4 is 5.73 Å². The summed E-state index contributed by atoms with van der Waals surface area (Å²) < 4.78 is 2.34. The Labute approximate surface area is 108 Å². The summed E-state index contributed by atoms with van der Waals surface area (Å²) in [6.07, 6.45) is 3.38. The van der Waals surface area contributed by atoms with Crippen molar-refractivity contribution in [1.29, 1.82) is 0 Å². The third-order valence-corrected chi connectivity index (χ3v) is 5.06. The molecule has 0 saturated carbocycles. The monoisotopic (exact) mass is 270 g/mol. The number of hydrogen-bond acceptors (Lipinski definition) is 5. The number of hydrogen-bond donors (Lipinski definition) is 1. The van der Waals surface area contributed by atoms with Gasteiger partial charge in [-0.15, -0.1) is 11.3 Å². The second-order valence-electron chi connectivity index (χ2n) is 3.40. The normalized spacial score (nSPS) is 11.1. The third kappa shape index (κ3) is 3.06. The van der Waals surface area contributed by atoms with Crippen LogP contribution in [-0.2, 0) is 0 Å². The van der Waals surface area contributed by atoms with E-state index in [4.69, 9.17) is 5.73 Å². The SMILES string of the molecule is CSCCCSc1nc2ccc(N)cc2s1. The quantitative estimate of drug-likeness (QED) is 0.510. The maximum Gasteiger partial charge on any atom is 0.151 e. The van der Waals surface area contributed by atoms with Crippen LogP contribution in [0, 0.1) is 0 Å². The Morgan fingerprint density at radius 1 is 1.38 bits per heavy atom. The summed E-state index contributed by atoms with van der Waals surface area (Å²) in [6, 6.07) is 5.90. The summed E-state index contributed by atoms with van der Waals surface area (Å²) in [5, 5.41) is 0. The van der Waals surface area contributed by atoms with Gasteiger partial charge in [-0.25, -0.2) is 4.98 Å². The van der Waals surface area contributed by atoms with Crippen LogP contribution in [-0.4, -0.2) is 22.7 Å². The fourth-order valence-corrected chi connectivity index (χ4v) is 4.09. The standard InChI is InChI=1S/C11H14N2S3/c1-14-5-2-6-15-11-13-9-4-3-8(12)7-10(9)16-11/h3-4,7H,2,5-6,12H2,1H3. The van der Waals surface area contributed by atoms with Gasteiger partial charge in [-0.05, 0) is 36.6 Å². The molecule has 1 aromatic heterocycles. The third-order valence-electron chi connectivity index (χ3n) is 2.11. The first kappa shape index (κ1) is 12.1. The molecule has 16 heavy (non-hydrogen) atoms. The fourth-order valence-electron chi connectivity index (χ4n) is 1.34. The number of thiazole rings is 1. The molecule has 0 radical (unpaired) electrons. The molecule has 0 atom stereocenters. The molecule has 0 bridgehead atoms. The Hall–Kier alpha value is -0.390. The highest BCUT2D eigenvalue weighted by Gasteiger charge is 2.04. The van der Waals surface area contributed by atoms with Gasteiger partial charge in [0.2, 0.25) is 0 Å². The van der Waals surface area contributed by atoms with Crippen LogP contribution in [0.2, 0.25) is 0 Å². The molecule has 2 aromatic rings. The average molecular weight is 270 g/mol. The van der Waals surface area contributed by atoms with E-state index in [1.165, 1.54) is 16.9 Å². The minimum Gasteiger partial charge on any atom is -0.399 e. The lowest BCUT2D eigenvalue weighted by Gasteiger charge is -1.94. The number of aromatic nitrogens is 1. The van der Waals surface area contributed by atoms with E-state index < -0.39 is 0 Å². The number of nitrogens with two attached hydrogens (primary N) is 1. The Balaban J connectivity index is 2.02. The molecule has 1 heterocycles. The number of rotatable bonds is 5. The highest BCUT2D eigenvalue weighted by Crippen LogP contribution is 2.30. The van der Waals surface area contributed by atoms with Crippen LogP contribution in [0.5, 0.6) is 0 Å². The predicted octanol–water partition coefficient (Wildman–Crippen LogP) is 3.72. The summed E-state index contributed by atoms with van der Waals surface area (Å²) in [6.45, 7) is 0. The number of benzene rings is 1. The van der Waals surface area contributed by atoms with Crippen molar-refractivity contribution in [3.63, 3.8) is 0 Å². The number of anilines is 1. The Kier molecular flexibility index (Phi) is 4.37. The molecule has 0 spiro atoms.